The molecule has 9 heavy (non-hydrogen) atoms. The maximum absolute atomic E-state index is 8.50. The fraction of sp³-hybridized carbons (Fsp3) is 0.714. The van der Waals surface area contributed by atoms with E-state index in [0.717, 1.165) is 6.42 Å². The van der Waals surface area contributed by atoms with Gasteiger partial charge >= 0.3 is 0 Å². The molecule has 2 nitrogen and oxygen atoms in total. The van der Waals surface area contributed by atoms with Gasteiger partial charge in [-0.05, 0) is 6.92 Å². The van der Waals surface area contributed by atoms with Gasteiger partial charge in [-0.2, -0.15) is 0 Å². The highest BCUT2D eigenvalue weighted by Crippen LogP contribution is 2.23. The van der Waals surface area contributed by atoms with Crippen molar-refractivity contribution in [3.63, 3.8) is 0 Å². The van der Waals surface area contributed by atoms with Crippen LogP contribution in [0.3, 0.4) is 0 Å². The van der Waals surface area contributed by atoms with Crippen LogP contribution < -0.4 is 0 Å². The Hall–Kier alpha value is -0.520. The predicted octanol–water partition coefficient (Wildman–Crippen LogP) is 0.160. The number of aliphatic hydroxyl groups excluding tert-OH is 1. The average Bonchev–Trinajstić information content (AvgIpc) is 2.62. The average molecular weight is 126 g/mol. The van der Waals surface area contributed by atoms with Crippen LogP contribution in [0.4, 0.5) is 0 Å². The minimum Gasteiger partial charge on any atom is -0.394 e. The summed E-state index contributed by atoms with van der Waals surface area (Å²) in [5.74, 6) is 5.66. The van der Waals surface area contributed by atoms with Crippen molar-refractivity contribution in [1.82, 2.24) is 0 Å². The van der Waals surface area contributed by atoms with E-state index in [1.54, 1.807) is 6.92 Å². The van der Waals surface area contributed by atoms with E-state index in [0.29, 0.717) is 0 Å². The van der Waals surface area contributed by atoms with Gasteiger partial charge in [0.15, 0.2) is 0 Å². The quantitative estimate of drug-likeness (QED) is 0.422. The third-order valence-electron chi connectivity index (χ3n) is 1.35. The Labute approximate surface area is 54.8 Å². The first-order chi connectivity index (χ1) is 4.38. The van der Waals surface area contributed by atoms with Crippen LogP contribution in [-0.2, 0) is 4.74 Å². The van der Waals surface area contributed by atoms with Gasteiger partial charge in [0.05, 0.1) is 12.7 Å². The van der Waals surface area contributed by atoms with E-state index < -0.39 is 0 Å². The molecule has 0 aromatic rings. The Morgan fingerprint density at radius 1 is 1.56 bits per heavy atom. The molecule has 0 aliphatic carbocycles. The number of epoxide rings is 1. The second-order valence-electron chi connectivity index (χ2n) is 2.03. The van der Waals surface area contributed by atoms with Crippen molar-refractivity contribution in [1.29, 1.82) is 0 Å². The SMILES string of the molecule is CC#CC[C@@H]1O[C@@H]1CO. The van der Waals surface area contributed by atoms with E-state index >= 15 is 0 Å². The lowest BCUT2D eigenvalue weighted by Crippen LogP contribution is -1.97. The number of aliphatic hydroxyl groups is 1. The van der Waals surface area contributed by atoms with E-state index in [9.17, 15) is 0 Å². The normalized spacial score (nSPS) is 30.9. The molecule has 2 atom stereocenters. The number of ether oxygens (including phenoxy) is 1. The monoisotopic (exact) mass is 126 g/mol. The molecule has 1 saturated heterocycles. The van der Waals surface area contributed by atoms with E-state index in [1.165, 1.54) is 0 Å². The van der Waals surface area contributed by atoms with Crippen LogP contribution >= 0.6 is 0 Å². The van der Waals surface area contributed by atoms with Crippen molar-refractivity contribution in [2.75, 3.05) is 6.61 Å². The van der Waals surface area contributed by atoms with Gasteiger partial charge in [0, 0.05) is 6.42 Å². The second kappa shape index (κ2) is 2.86. The zero-order valence-electron chi connectivity index (χ0n) is 5.42. The van der Waals surface area contributed by atoms with E-state index in [-0.39, 0.29) is 18.8 Å². The Kier molecular flexibility index (Phi) is 2.10. The largest absolute Gasteiger partial charge is 0.394 e. The standard InChI is InChI=1S/C7H10O2/c1-2-3-4-6-7(5-8)9-6/h6-8H,4-5H2,1H3/t6-,7+/m0/s1. The lowest BCUT2D eigenvalue weighted by Gasteiger charge is -1.79. The smallest absolute Gasteiger partial charge is 0.108 e. The van der Waals surface area contributed by atoms with Gasteiger partial charge in [-0.1, -0.05) is 0 Å². The van der Waals surface area contributed by atoms with Crippen LogP contribution in [-0.4, -0.2) is 23.9 Å². The number of hydrogen-bond donors (Lipinski definition) is 1. The van der Waals surface area contributed by atoms with Gasteiger partial charge in [-0.25, -0.2) is 0 Å². The first kappa shape index (κ1) is 6.60. The summed E-state index contributed by atoms with van der Waals surface area (Å²) >= 11 is 0. The summed E-state index contributed by atoms with van der Waals surface area (Å²) in [5, 5.41) is 8.50. The van der Waals surface area contributed by atoms with Crippen LogP contribution in [0.15, 0.2) is 0 Å². The van der Waals surface area contributed by atoms with Crippen molar-refractivity contribution in [2.24, 2.45) is 0 Å². The Morgan fingerprint density at radius 3 is 2.78 bits per heavy atom. The van der Waals surface area contributed by atoms with Crippen molar-refractivity contribution < 1.29 is 9.84 Å². The molecule has 50 valence electrons. The van der Waals surface area contributed by atoms with Gasteiger partial charge in [-0.15, -0.1) is 11.8 Å². The molecule has 0 amide bonds. The van der Waals surface area contributed by atoms with Crippen molar-refractivity contribution in [3.8, 4) is 11.8 Å². The van der Waals surface area contributed by atoms with Crippen molar-refractivity contribution in [3.05, 3.63) is 0 Å². The molecule has 0 radical (unpaired) electrons. The summed E-state index contributed by atoms with van der Waals surface area (Å²) < 4.78 is 5.02. The zero-order chi connectivity index (χ0) is 6.69. The Morgan fingerprint density at radius 2 is 2.33 bits per heavy atom. The fourth-order valence-electron chi connectivity index (χ4n) is 0.722. The van der Waals surface area contributed by atoms with Gasteiger partial charge in [0.25, 0.3) is 0 Å². The summed E-state index contributed by atoms with van der Waals surface area (Å²) in [5.41, 5.74) is 0. The van der Waals surface area contributed by atoms with Crippen LogP contribution in [0.5, 0.6) is 0 Å². The molecule has 0 aromatic carbocycles. The van der Waals surface area contributed by atoms with E-state index in [4.69, 9.17) is 9.84 Å². The minimum absolute atomic E-state index is 0.0749. The second-order valence-corrected chi connectivity index (χ2v) is 2.03. The van der Waals surface area contributed by atoms with E-state index in [1.807, 2.05) is 0 Å². The number of hydrogen-bond acceptors (Lipinski definition) is 2. The molecule has 1 aliphatic heterocycles. The Balaban J connectivity index is 2.10. The summed E-state index contributed by atoms with van der Waals surface area (Å²) in [6, 6.07) is 0. The molecule has 0 spiro atoms. The maximum Gasteiger partial charge on any atom is 0.108 e. The molecule has 0 bridgehead atoms. The van der Waals surface area contributed by atoms with Crippen LogP contribution in [0.2, 0.25) is 0 Å². The molecule has 0 saturated carbocycles. The number of rotatable bonds is 2. The molecule has 1 N–H and O–H groups in total. The third-order valence-corrected chi connectivity index (χ3v) is 1.35. The van der Waals surface area contributed by atoms with Gasteiger partial charge in [0.1, 0.15) is 6.10 Å². The fourth-order valence-corrected chi connectivity index (χ4v) is 0.722. The highest BCUT2D eigenvalue weighted by molar-refractivity contribution is 5.02. The van der Waals surface area contributed by atoms with Crippen molar-refractivity contribution >= 4 is 0 Å². The molecule has 0 unspecified atom stereocenters. The summed E-state index contributed by atoms with van der Waals surface area (Å²) in [4.78, 5) is 0. The highest BCUT2D eigenvalue weighted by Gasteiger charge is 2.36. The van der Waals surface area contributed by atoms with Gasteiger partial charge in [-0.3, -0.25) is 0 Å². The molecule has 1 fully saturated rings. The summed E-state index contributed by atoms with van der Waals surface area (Å²) in [7, 11) is 0. The first-order valence-electron chi connectivity index (χ1n) is 3.04. The van der Waals surface area contributed by atoms with Crippen LogP contribution in [0.1, 0.15) is 13.3 Å². The molecular weight excluding hydrogens is 116 g/mol. The Bertz CT molecular complexity index is 143. The van der Waals surface area contributed by atoms with Gasteiger partial charge in [0.2, 0.25) is 0 Å². The maximum atomic E-state index is 8.50. The molecule has 1 rings (SSSR count). The summed E-state index contributed by atoms with van der Waals surface area (Å²) in [6.07, 6.45) is 1.05. The molecule has 2 heteroatoms. The molecule has 1 aliphatic rings. The lowest BCUT2D eigenvalue weighted by atomic mass is 10.2. The molecule has 1 heterocycles. The van der Waals surface area contributed by atoms with E-state index in [2.05, 4.69) is 11.8 Å². The predicted molar refractivity (Wildman–Crippen MR) is 33.8 cm³/mol. The topological polar surface area (TPSA) is 32.8 Å². The first-order valence-corrected chi connectivity index (χ1v) is 3.04. The molecule has 0 aromatic heterocycles. The lowest BCUT2D eigenvalue weighted by molar-refractivity contribution is 0.242. The van der Waals surface area contributed by atoms with Crippen LogP contribution in [0.25, 0.3) is 0 Å². The molecular formula is C7H10O2. The zero-order valence-corrected chi connectivity index (χ0v) is 5.42. The minimum atomic E-state index is 0.0749. The van der Waals surface area contributed by atoms with Crippen molar-refractivity contribution in [2.45, 2.75) is 25.6 Å². The highest BCUT2D eigenvalue weighted by atomic mass is 16.6. The summed E-state index contributed by atoms with van der Waals surface area (Å²) in [6.45, 7) is 1.94. The van der Waals surface area contributed by atoms with Gasteiger partial charge < -0.3 is 9.84 Å². The van der Waals surface area contributed by atoms with Crippen LogP contribution in [0, 0.1) is 11.8 Å². The third kappa shape index (κ3) is 1.70.